The molecule has 1 aromatic heterocycles. The van der Waals surface area contributed by atoms with Crippen LogP contribution in [0.15, 0.2) is 29.6 Å². The van der Waals surface area contributed by atoms with Gasteiger partial charge in [-0.2, -0.15) is 0 Å². The Balaban J connectivity index is 1.76. The van der Waals surface area contributed by atoms with E-state index in [1.54, 1.807) is 17.5 Å². The molecule has 2 rings (SSSR count). The number of benzene rings is 1. The third-order valence-corrected chi connectivity index (χ3v) is 4.11. The normalized spacial score (nSPS) is 10.6. The van der Waals surface area contributed by atoms with Gasteiger partial charge in [0, 0.05) is 16.9 Å². The summed E-state index contributed by atoms with van der Waals surface area (Å²) in [4.78, 5) is 27.8. The van der Waals surface area contributed by atoms with Crippen molar-refractivity contribution in [1.82, 2.24) is 10.3 Å². The molecule has 2 aromatic rings. The summed E-state index contributed by atoms with van der Waals surface area (Å²) >= 11 is 7.07. The molecule has 0 bridgehead atoms. The number of nitrogens with zero attached hydrogens (tertiary/aromatic N) is 1. The number of carbonyl (C=O) groups is 2. The highest BCUT2D eigenvalue weighted by molar-refractivity contribution is 7.13. The summed E-state index contributed by atoms with van der Waals surface area (Å²) in [5.74, 6) is 0.121. The number of carbonyl (C=O) groups excluding carboxylic acids is 2. The van der Waals surface area contributed by atoms with Crippen molar-refractivity contribution in [2.24, 2.45) is 5.92 Å². The molecule has 2 N–H and O–H groups in total. The Morgan fingerprint density at radius 1 is 1.28 bits per heavy atom. The third kappa shape index (κ3) is 7.11. The van der Waals surface area contributed by atoms with Crippen LogP contribution < -0.4 is 10.6 Å². The molecule has 1 aromatic carbocycles. The summed E-state index contributed by atoms with van der Waals surface area (Å²) in [5.41, 5.74) is 1.56. The summed E-state index contributed by atoms with van der Waals surface area (Å²) in [6, 6.07) is 7.27. The van der Waals surface area contributed by atoms with E-state index in [1.807, 2.05) is 26.0 Å². The van der Waals surface area contributed by atoms with Crippen LogP contribution in [0.4, 0.5) is 9.93 Å². The number of hydrogen-bond donors (Lipinski definition) is 2. The molecule has 8 heteroatoms. The zero-order valence-corrected chi connectivity index (χ0v) is 15.6. The van der Waals surface area contributed by atoms with Gasteiger partial charge in [0.2, 0.25) is 5.91 Å². The van der Waals surface area contributed by atoms with Crippen molar-refractivity contribution in [3.8, 4) is 0 Å². The summed E-state index contributed by atoms with van der Waals surface area (Å²) < 4.78 is 5.02. The van der Waals surface area contributed by atoms with Crippen molar-refractivity contribution in [2.45, 2.75) is 26.8 Å². The van der Waals surface area contributed by atoms with Gasteiger partial charge < -0.3 is 10.1 Å². The molecule has 0 fully saturated rings. The zero-order chi connectivity index (χ0) is 18.2. The molecule has 6 nitrogen and oxygen atoms in total. The molecular weight excluding hydrogens is 362 g/mol. The lowest BCUT2D eigenvalue weighted by Gasteiger charge is -2.06. The van der Waals surface area contributed by atoms with Crippen LogP contribution in [0.5, 0.6) is 0 Å². The van der Waals surface area contributed by atoms with Gasteiger partial charge in [-0.05, 0) is 23.6 Å². The number of aromatic nitrogens is 1. The summed E-state index contributed by atoms with van der Waals surface area (Å²) in [6.07, 6.45) is -0.394. The highest BCUT2D eigenvalue weighted by Crippen LogP contribution is 2.16. The van der Waals surface area contributed by atoms with Gasteiger partial charge in [0.05, 0.1) is 18.7 Å². The summed E-state index contributed by atoms with van der Waals surface area (Å²) in [6.45, 7) is 4.68. The monoisotopic (exact) mass is 381 g/mol. The number of hydrogen-bond acceptors (Lipinski definition) is 5. The molecule has 0 atom stereocenters. The van der Waals surface area contributed by atoms with E-state index in [2.05, 4.69) is 15.6 Å². The van der Waals surface area contributed by atoms with Crippen LogP contribution in [-0.2, 0) is 22.5 Å². The van der Waals surface area contributed by atoms with Crippen molar-refractivity contribution in [1.29, 1.82) is 0 Å². The van der Waals surface area contributed by atoms with E-state index in [-0.39, 0.29) is 18.2 Å². The van der Waals surface area contributed by atoms with E-state index in [4.69, 9.17) is 16.3 Å². The number of nitrogens with one attached hydrogen (secondary N) is 2. The Morgan fingerprint density at radius 2 is 2.00 bits per heavy atom. The maximum Gasteiger partial charge on any atom is 0.413 e. The molecule has 0 saturated heterocycles. The minimum absolute atomic E-state index is 0.144. The van der Waals surface area contributed by atoms with Crippen molar-refractivity contribution in [3.63, 3.8) is 0 Å². The van der Waals surface area contributed by atoms with Crippen molar-refractivity contribution in [2.75, 3.05) is 11.9 Å². The Bertz CT molecular complexity index is 716. The maximum atomic E-state index is 12.0. The van der Waals surface area contributed by atoms with Gasteiger partial charge in [-0.3, -0.25) is 10.1 Å². The van der Waals surface area contributed by atoms with Crippen LogP contribution in [-0.4, -0.2) is 23.6 Å². The standard InChI is InChI=1S/C17H20ClN3O3S/c1-11(2)9-24-17(23)21-16-20-14(10-25-16)7-15(22)19-8-12-3-5-13(18)6-4-12/h3-6,10-11H,7-9H2,1-2H3,(H,19,22)(H,20,21,23). The minimum Gasteiger partial charge on any atom is -0.449 e. The van der Waals surface area contributed by atoms with Gasteiger partial charge in [-0.1, -0.05) is 37.6 Å². The van der Waals surface area contributed by atoms with Gasteiger partial charge in [0.1, 0.15) is 0 Å². The Hall–Kier alpha value is -2.12. The van der Waals surface area contributed by atoms with Crippen LogP contribution >= 0.6 is 22.9 Å². The topological polar surface area (TPSA) is 80.3 Å². The number of amides is 2. The molecule has 0 aliphatic rings. The highest BCUT2D eigenvalue weighted by Gasteiger charge is 2.11. The number of ether oxygens (including phenoxy) is 1. The molecule has 134 valence electrons. The number of rotatable bonds is 7. The predicted molar refractivity (Wildman–Crippen MR) is 98.9 cm³/mol. The first-order valence-electron chi connectivity index (χ1n) is 7.81. The molecule has 0 saturated carbocycles. The van der Waals surface area contributed by atoms with Crippen molar-refractivity contribution in [3.05, 3.63) is 45.9 Å². The first kappa shape index (κ1) is 19.2. The Kier molecular flexibility index (Phi) is 7.21. The second-order valence-corrected chi connectivity index (χ2v) is 7.14. The van der Waals surface area contributed by atoms with Gasteiger partial charge in [0.25, 0.3) is 0 Å². The van der Waals surface area contributed by atoms with E-state index >= 15 is 0 Å². The molecular formula is C17H20ClN3O3S. The molecule has 0 radical (unpaired) electrons. The molecule has 0 spiro atoms. The molecule has 25 heavy (non-hydrogen) atoms. The van der Waals surface area contributed by atoms with Gasteiger partial charge in [-0.15, -0.1) is 11.3 Å². The fourth-order valence-electron chi connectivity index (χ4n) is 1.84. The smallest absolute Gasteiger partial charge is 0.413 e. The van der Waals surface area contributed by atoms with Gasteiger partial charge in [0.15, 0.2) is 5.13 Å². The second kappa shape index (κ2) is 9.39. The van der Waals surface area contributed by atoms with Crippen LogP contribution in [0, 0.1) is 5.92 Å². The lowest BCUT2D eigenvalue weighted by molar-refractivity contribution is -0.120. The minimum atomic E-state index is -0.540. The quantitative estimate of drug-likeness (QED) is 0.763. The molecule has 0 aliphatic heterocycles. The van der Waals surface area contributed by atoms with E-state index in [0.29, 0.717) is 29.0 Å². The van der Waals surface area contributed by atoms with Crippen molar-refractivity contribution >= 4 is 40.1 Å². The SMILES string of the molecule is CC(C)COC(=O)Nc1nc(CC(=O)NCc2ccc(Cl)cc2)cs1. The fourth-order valence-corrected chi connectivity index (χ4v) is 2.66. The van der Waals surface area contributed by atoms with Crippen molar-refractivity contribution < 1.29 is 14.3 Å². The number of anilines is 1. The Labute approximate surface area is 155 Å². The van der Waals surface area contributed by atoms with E-state index < -0.39 is 6.09 Å². The molecule has 1 heterocycles. The largest absolute Gasteiger partial charge is 0.449 e. The van der Waals surface area contributed by atoms with Crippen LogP contribution in [0.2, 0.25) is 5.02 Å². The average molecular weight is 382 g/mol. The first-order chi connectivity index (χ1) is 11.9. The molecule has 0 aliphatic carbocycles. The van der Waals surface area contributed by atoms with Gasteiger partial charge >= 0.3 is 6.09 Å². The maximum absolute atomic E-state index is 12.0. The van der Waals surface area contributed by atoms with E-state index in [0.717, 1.165) is 5.56 Å². The molecule has 0 unspecified atom stereocenters. The van der Waals surface area contributed by atoms with E-state index in [1.165, 1.54) is 11.3 Å². The summed E-state index contributed by atoms with van der Waals surface area (Å²) in [5, 5.41) is 8.18. The van der Waals surface area contributed by atoms with Crippen LogP contribution in [0.1, 0.15) is 25.1 Å². The fraction of sp³-hybridized carbons (Fsp3) is 0.353. The Morgan fingerprint density at radius 3 is 2.68 bits per heavy atom. The lowest BCUT2D eigenvalue weighted by Crippen LogP contribution is -2.24. The summed E-state index contributed by atoms with van der Waals surface area (Å²) in [7, 11) is 0. The highest BCUT2D eigenvalue weighted by atomic mass is 35.5. The number of thiazole rings is 1. The van der Waals surface area contributed by atoms with E-state index in [9.17, 15) is 9.59 Å². The van der Waals surface area contributed by atoms with Gasteiger partial charge in [-0.25, -0.2) is 9.78 Å². The lowest BCUT2D eigenvalue weighted by atomic mass is 10.2. The second-order valence-electron chi connectivity index (χ2n) is 5.84. The zero-order valence-electron chi connectivity index (χ0n) is 14.0. The third-order valence-electron chi connectivity index (χ3n) is 3.05. The average Bonchev–Trinajstić information content (AvgIpc) is 2.99. The van der Waals surface area contributed by atoms with Crippen LogP contribution in [0.3, 0.4) is 0 Å². The first-order valence-corrected chi connectivity index (χ1v) is 9.07. The van der Waals surface area contributed by atoms with Crippen LogP contribution in [0.25, 0.3) is 0 Å². The predicted octanol–water partition coefficient (Wildman–Crippen LogP) is 3.86. The molecule has 2 amide bonds. The number of halogens is 1.